The topological polar surface area (TPSA) is 29.3 Å². The molecule has 0 saturated carbocycles. The van der Waals surface area contributed by atoms with Crippen LogP contribution in [0.15, 0.2) is 18.2 Å². The fourth-order valence-corrected chi connectivity index (χ4v) is 2.27. The highest BCUT2D eigenvalue weighted by Gasteiger charge is 2.31. The van der Waals surface area contributed by atoms with E-state index in [2.05, 4.69) is 0 Å². The van der Waals surface area contributed by atoms with Crippen molar-refractivity contribution in [1.82, 2.24) is 4.90 Å². The van der Waals surface area contributed by atoms with E-state index in [1.807, 2.05) is 4.90 Å². The predicted molar refractivity (Wildman–Crippen MR) is 78.4 cm³/mol. The van der Waals surface area contributed by atoms with Crippen molar-refractivity contribution in [1.29, 1.82) is 0 Å². The molecule has 8 heteroatoms. The van der Waals surface area contributed by atoms with Gasteiger partial charge in [-0.25, -0.2) is 4.39 Å². The van der Waals surface area contributed by atoms with Crippen molar-refractivity contribution >= 4 is 24.8 Å². The minimum atomic E-state index is -4.51. The smallest absolute Gasteiger partial charge is 0.328 e. The van der Waals surface area contributed by atoms with E-state index in [1.165, 1.54) is 0 Å². The molecule has 2 N–H and O–H groups in total. The second kappa shape index (κ2) is 8.17. The normalized spacial score (nSPS) is 17.0. The van der Waals surface area contributed by atoms with Crippen LogP contribution in [0.5, 0.6) is 0 Å². The Morgan fingerprint density at radius 1 is 1.10 bits per heavy atom. The summed E-state index contributed by atoms with van der Waals surface area (Å²) in [4.78, 5) is 2.00. The second-order valence-corrected chi connectivity index (χ2v) is 4.96. The zero-order chi connectivity index (χ0) is 14.0. The van der Waals surface area contributed by atoms with Gasteiger partial charge in [0.05, 0.1) is 5.56 Å². The highest BCUT2D eigenvalue weighted by Crippen LogP contribution is 2.30. The summed E-state index contributed by atoms with van der Waals surface area (Å²) in [6.07, 6.45) is -2.87. The fraction of sp³-hybridized carbons (Fsp3) is 0.538. The van der Waals surface area contributed by atoms with Crippen LogP contribution in [0.3, 0.4) is 0 Å². The quantitative estimate of drug-likeness (QED) is 0.827. The molecule has 122 valence electrons. The van der Waals surface area contributed by atoms with Crippen LogP contribution in [0.25, 0.3) is 0 Å². The Hall–Kier alpha value is -0.560. The molecule has 0 spiro atoms. The van der Waals surface area contributed by atoms with E-state index in [-0.39, 0.29) is 30.9 Å². The Bertz CT molecular complexity index is 446. The number of alkyl halides is 3. The molecule has 0 aliphatic carbocycles. The van der Waals surface area contributed by atoms with Gasteiger partial charge >= 0.3 is 6.18 Å². The van der Waals surface area contributed by atoms with Gasteiger partial charge in [-0.05, 0) is 49.7 Å². The molecule has 1 aromatic rings. The minimum Gasteiger partial charge on any atom is -0.328 e. The lowest BCUT2D eigenvalue weighted by Gasteiger charge is -2.30. The van der Waals surface area contributed by atoms with E-state index < -0.39 is 17.6 Å². The Morgan fingerprint density at radius 2 is 1.67 bits per heavy atom. The number of halogens is 6. The van der Waals surface area contributed by atoms with E-state index in [0.717, 1.165) is 38.1 Å². The molecule has 2 nitrogen and oxygen atoms in total. The average Bonchev–Trinajstić information content (AvgIpc) is 2.30. The predicted octanol–water partition coefficient (Wildman–Crippen LogP) is 3.61. The van der Waals surface area contributed by atoms with Crippen LogP contribution >= 0.6 is 24.8 Å². The molecule has 0 bridgehead atoms. The van der Waals surface area contributed by atoms with Gasteiger partial charge in [-0.15, -0.1) is 24.8 Å². The molecule has 0 atom stereocenters. The molecule has 0 radical (unpaired) electrons. The second-order valence-electron chi connectivity index (χ2n) is 4.96. The molecule has 1 aliphatic heterocycles. The first kappa shape index (κ1) is 20.4. The maximum Gasteiger partial charge on any atom is 0.416 e. The molecule has 2 rings (SSSR count). The van der Waals surface area contributed by atoms with Gasteiger partial charge in [0.25, 0.3) is 0 Å². The molecule has 1 saturated heterocycles. The van der Waals surface area contributed by atoms with Gasteiger partial charge in [0.1, 0.15) is 5.82 Å². The average molecular weight is 349 g/mol. The largest absolute Gasteiger partial charge is 0.416 e. The molecule has 1 fully saturated rings. The van der Waals surface area contributed by atoms with E-state index in [4.69, 9.17) is 5.73 Å². The molecule has 1 heterocycles. The molecule has 1 aliphatic rings. The summed E-state index contributed by atoms with van der Waals surface area (Å²) >= 11 is 0. The number of piperidine rings is 1. The van der Waals surface area contributed by atoms with E-state index in [0.29, 0.717) is 18.2 Å². The van der Waals surface area contributed by atoms with Crippen molar-refractivity contribution in [3.8, 4) is 0 Å². The summed E-state index contributed by atoms with van der Waals surface area (Å²) in [6, 6.07) is 2.85. The van der Waals surface area contributed by atoms with Crippen molar-refractivity contribution in [2.75, 3.05) is 13.1 Å². The zero-order valence-electron chi connectivity index (χ0n) is 11.2. The van der Waals surface area contributed by atoms with Crippen LogP contribution in [0.4, 0.5) is 17.6 Å². The van der Waals surface area contributed by atoms with Crippen LogP contribution < -0.4 is 5.73 Å². The van der Waals surface area contributed by atoms with E-state index in [9.17, 15) is 17.6 Å². The van der Waals surface area contributed by atoms with Crippen molar-refractivity contribution in [2.24, 2.45) is 5.73 Å². The van der Waals surface area contributed by atoms with Crippen molar-refractivity contribution in [3.05, 3.63) is 35.1 Å². The molecule has 0 aromatic heterocycles. The summed E-state index contributed by atoms with van der Waals surface area (Å²) in [6.45, 7) is 1.80. The third-order valence-electron chi connectivity index (χ3n) is 3.32. The maximum atomic E-state index is 13.2. The molecule has 1 aromatic carbocycles. The summed E-state index contributed by atoms with van der Waals surface area (Å²) in [5, 5.41) is 0. The number of nitrogens with zero attached hydrogens (tertiary/aromatic N) is 1. The number of likely N-dealkylation sites (tertiary alicyclic amines) is 1. The van der Waals surface area contributed by atoms with E-state index >= 15 is 0 Å². The van der Waals surface area contributed by atoms with Gasteiger partial charge in [-0.2, -0.15) is 13.2 Å². The van der Waals surface area contributed by atoms with Crippen LogP contribution in [0.1, 0.15) is 24.0 Å². The highest BCUT2D eigenvalue weighted by molar-refractivity contribution is 5.85. The first-order valence-electron chi connectivity index (χ1n) is 6.19. The highest BCUT2D eigenvalue weighted by atomic mass is 35.5. The Balaban J connectivity index is 0.00000200. The monoisotopic (exact) mass is 348 g/mol. The third kappa shape index (κ3) is 5.98. The number of nitrogens with two attached hydrogens (primary N) is 1. The minimum absolute atomic E-state index is 0. The summed E-state index contributed by atoms with van der Waals surface area (Å²) in [7, 11) is 0. The first-order valence-corrected chi connectivity index (χ1v) is 6.19. The Kier molecular flexibility index (Phi) is 7.95. The van der Waals surface area contributed by atoms with Crippen molar-refractivity contribution in [3.63, 3.8) is 0 Å². The summed E-state index contributed by atoms with van der Waals surface area (Å²) < 4.78 is 51.0. The SMILES string of the molecule is Cl.Cl.NC1CCN(Cc2cc(F)cc(C(F)(F)F)c2)CC1. The number of benzene rings is 1. The number of hydrogen-bond donors (Lipinski definition) is 1. The third-order valence-corrected chi connectivity index (χ3v) is 3.32. The maximum absolute atomic E-state index is 13.2. The van der Waals surface area contributed by atoms with E-state index in [1.54, 1.807) is 0 Å². The van der Waals surface area contributed by atoms with Crippen molar-refractivity contribution < 1.29 is 17.6 Å². The Labute approximate surface area is 133 Å². The fourth-order valence-electron chi connectivity index (χ4n) is 2.27. The lowest BCUT2D eigenvalue weighted by atomic mass is 10.0. The lowest BCUT2D eigenvalue weighted by molar-refractivity contribution is -0.137. The number of rotatable bonds is 2. The lowest BCUT2D eigenvalue weighted by Crippen LogP contribution is -2.39. The van der Waals surface area contributed by atoms with Gasteiger partial charge in [0.15, 0.2) is 0 Å². The number of hydrogen-bond acceptors (Lipinski definition) is 2. The molecule has 0 unspecified atom stereocenters. The molecule has 0 amide bonds. The molecule has 21 heavy (non-hydrogen) atoms. The van der Waals surface area contributed by atoms with Gasteiger partial charge in [0.2, 0.25) is 0 Å². The van der Waals surface area contributed by atoms with Crippen molar-refractivity contribution in [2.45, 2.75) is 31.6 Å². The van der Waals surface area contributed by atoms with Crippen LogP contribution in [0.2, 0.25) is 0 Å². The first-order chi connectivity index (χ1) is 8.84. The van der Waals surface area contributed by atoms with Crippen LogP contribution in [-0.4, -0.2) is 24.0 Å². The van der Waals surface area contributed by atoms with Gasteiger partial charge in [0, 0.05) is 12.6 Å². The molecular weight excluding hydrogens is 331 g/mol. The zero-order valence-corrected chi connectivity index (χ0v) is 12.8. The van der Waals surface area contributed by atoms with Crippen LogP contribution in [-0.2, 0) is 12.7 Å². The summed E-state index contributed by atoms with van der Waals surface area (Å²) in [5.41, 5.74) is 5.18. The van der Waals surface area contributed by atoms with Gasteiger partial charge < -0.3 is 5.73 Å². The van der Waals surface area contributed by atoms with Crippen LogP contribution in [0, 0.1) is 5.82 Å². The standard InChI is InChI=1S/C13H16F4N2.2ClH/c14-11-6-9(5-10(7-11)13(15,16)17)8-19-3-1-12(18)2-4-19;;/h5-7,12H,1-4,8,18H2;2*1H. The van der Waals surface area contributed by atoms with Gasteiger partial charge in [-0.1, -0.05) is 0 Å². The van der Waals surface area contributed by atoms with Gasteiger partial charge in [-0.3, -0.25) is 4.90 Å². The Morgan fingerprint density at radius 3 is 2.19 bits per heavy atom. The molecular formula is C13H18Cl2F4N2. The summed E-state index contributed by atoms with van der Waals surface area (Å²) in [5.74, 6) is -0.849.